The van der Waals surface area contributed by atoms with Crippen LogP contribution in [0.15, 0.2) is 12.1 Å². The predicted octanol–water partition coefficient (Wildman–Crippen LogP) is 0.653. The van der Waals surface area contributed by atoms with E-state index in [2.05, 4.69) is 33.5 Å². The number of nitrogens with zero attached hydrogens (tertiary/aromatic N) is 5. The quantitative estimate of drug-likeness (QED) is 0.878. The molecule has 102 valence electrons. The average Bonchev–Trinajstić information content (AvgIpc) is 2.83. The van der Waals surface area contributed by atoms with Gasteiger partial charge in [-0.3, -0.25) is 0 Å². The van der Waals surface area contributed by atoms with Crippen LogP contribution in [-0.4, -0.2) is 51.9 Å². The van der Waals surface area contributed by atoms with Gasteiger partial charge in [-0.1, -0.05) is 0 Å². The lowest BCUT2D eigenvalue weighted by molar-refractivity contribution is 0.252. The highest BCUT2D eigenvalue weighted by Crippen LogP contribution is 2.25. The minimum atomic E-state index is 0.561. The van der Waals surface area contributed by atoms with Crippen LogP contribution in [-0.2, 0) is 6.54 Å². The van der Waals surface area contributed by atoms with E-state index in [1.165, 1.54) is 12.8 Å². The molecule has 0 aliphatic carbocycles. The summed E-state index contributed by atoms with van der Waals surface area (Å²) < 4.78 is 1.87. The zero-order valence-corrected chi connectivity index (χ0v) is 11.5. The molecular weight excluding hydrogens is 240 g/mol. The molecule has 2 aromatic heterocycles. The number of aromatic nitrogens is 4. The molecule has 0 unspecified atom stereocenters. The number of nitrogens with one attached hydrogen (secondary N) is 1. The number of fused-ring (bicyclic) bond motifs is 1. The van der Waals surface area contributed by atoms with Gasteiger partial charge < -0.3 is 10.2 Å². The number of rotatable bonds is 3. The van der Waals surface area contributed by atoms with Crippen LogP contribution in [0.3, 0.4) is 0 Å². The van der Waals surface area contributed by atoms with E-state index in [4.69, 9.17) is 5.10 Å². The maximum absolute atomic E-state index is 4.74. The largest absolute Gasteiger partial charge is 0.313 e. The molecule has 6 nitrogen and oxygen atoms in total. The van der Waals surface area contributed by atoms with E-state index in [1.54, 1.807) is 0 Å². The van der Waals surface area contributed by atoms with E-state index in [-0.39, 0.29) is 0 Å². The van der Waals surface area contributed by atoms with Crippen LogP contribution in [0.25, 0.3) is 5.65 Å². The molecule has 3 rings (SSSR count). The van der Waals surface area contributed by atoms with Crippen molar-refractivity contribution < 1.29 is 0 Å². The Morgan fingerprint density at radius 1 is 1.26 bits per heavy atom. The van der Waals surface area contributed by atoms with E-state index in [0.29, 0.717) is 12.5 Å². The lowest BCUT2D eigenvalue weighted by atomic mass is 9.94. The van der Waals surface area contributed by atoms with Gasteiger partial charge in [-0.25, -0.2) is 0 Å². The first-order valence-electron chi connectivity index (χ1n) is 6.82. The van der Waals surface area contributed by atoms with Crippen molar-refractivity contribution in [2.24, 2.45) is 0 Å². The Hall–Kier alpha value is -1.53. The van der Waals surface area contributed by atoms with E-state index in [0.717, 1.165) is 30.3 Å². The Morgan fingerprint density at radius 2 is 2.05 bits per heavy atom. The maximum Gasteiger partial charge on any atom is 0.177 e. The van der Waals surface area contributed by atoms with Gasteiger partial charge in [0.05, 0.1) is 12.2 Å². The Balaban J connectivity index is 1.89. The van der Waals surface area contributed by atoms with E-state index < -0.39 is 0 Å². The van der Waals surface area contributed by atoms with E-state index in [1.807, 2.05) is 17.6 Å². The van der Waals surface area contributed by atoms with Gasteiger partial charge in [-0.2, -0.15) is 9.61 Å². The fourth-order valence-corrected chi connectivity index (χ4v) is 2.64. The summed E-state index contributed by atoms with van der Waals surface area (Å²) in [5, 5.41) is 16.1. The third kappa shape index (κ3) is 2.46. The second-order valence-electron chi connectivity index (χ2n) is 5.25. The summed E-state index contributed by atoms with van der Waals surface area (Å²) in [7, 11) is 4.08. The summed E-state index contributed by atoms with van der Waals surface area (Å²) in [5.41, 5.74) is 1.99. The molecule has 0 radical (unpaired) electrons. The topological polar surface area (TPSA) is 58.4 Å². The third-order valence-electron chi connectivity index (χ3n) is 3.82. The number of hydrogen-bond donors (Lipinski definition) is 1. The highest BCUT2D eigenvalue weighted by Gasteiger charge is 2.20. The average molecular weight is 260 g/mol. The molecule has 1 aliphatic heterocycles. The second kappa shape index (κ2) is 5.22. The molecular formula is C13H20N6. The number of hydrogen-bond acceptors (Lipinski definition) is 5. The van der Waals surface area contributed by atoms with Crippen molar-refractivity contribution in [1.82, 2.24) is 30.0 Å². The van der Waals surface area contributed by atoms with Crippen LogP contribution in [0, 0.1) is 0 Å². The van der Waals surface area contributed by atoms with Gasteiger partial charge in [-0.15, -0.1) is 10.2 Å². The van der Waals surface area contributed by atoms with Gasteiger partial charge >= 0.3 is 0 Å². The fourth-order valence-electron chi connectivity index (χ4n) is 2.64. The molecule has 3 heterocycles. The minimum Gasteiger partial charge on any atom is -0.313 e. The number of likely N-dealkylation sites (tertiary alicyclic amines) is 1. The molecule has 1 saturated heterocycles. The van der Waals surface area contributed by atoms with Crippen LogP contribution >= 0.6 is 0 Å². The molecule has 0 atom stereocenters. The van der Waals surface area contributed by atoms with Crippen molar-refractivity contribution in [2.45, 2.75) is 25.3 Å². The van der Waals surface area contributed by atoms with E-state index in [9.17, 15) is 0 Å². The molecule has 1 N–H and O–H groups in total. The highest BCUT2D eigenvalue weighted by atomic mass is 15.4. The molecule has 2 aromatic rings. The van der Waals surface area contributed by atoms with Crippen molar-refractivity contribution in [3.8, 4) is 0 Å². The lowest BCUT2D eigenvalue weighted by Crippen LogP contribution is -2.29. The first-order chi connectivity index (χ1) is 9.28. The Bertz CT molecular complexity index is 555. The first kappa shape index (κ1) is 12.5. The summed E-state index contributed by atoms with van der Waals surface area (Å²) in [6, 6.07) is 4.12. The molecule has 0 aromatic carbocycles. The second-order valence-corrected chi connectivity index (χ2v) is 5.25. The normalized spacial score (nSPS) is 18.2. The Morgan fingerprint density at radius 3 is 2.79 bits per heavy atom. The zero-order valence-electron chi connectivity index (χ0n) is 11.5. The predicted molar refractivity (Wildman–Crippen MR) is 73.0 cm³/mol. The van der Waals surface area contributed by atoms with Gasteiger partial charge in [0.25, 0.3) is 0 Å². The summed E-state index contributed by atoms with van der Waals surface area (Å²) >= 11 is 0. The highest BCUT2D eigenvalue weighted by molar-refractivity contribution is 5.36. The molecule has 1 aliphatic rings. The van der Waals surface area contributed by atoms with Gasteiger partial charge in [0, 0.05) is 5.92 Å². The zero-order chi connectivity index (χ0) is 13.2. The first-order valence-corrected chi connectivity index (χ1v) is 6.82. The van der Waals surface area contributed by atoms with E-state index >= 15 is 0 Å². The minimum absolute atomic E-state index is 0.561. The van der Waals surface area contributed by atoms with Crippen LogP contribution < -0.4 is 5.32 Å². The van der Waals surface area contributed by atoms with Crippen molar-refractivity contribution in [3.63, 3.8) is 0 Å². The fraction of sp³-hybridized carbons (Fsp3) is 0.615. The third-order valence-corrected chi connectivity index (χ3v) is 3.82. The SMILES string of the molecule is CNCc1nnc2ccc(C3CCN(C)CC3)nn12. The molecule has 19 heavy (non-hydrogen) atoms. The standard InChI is InChI=1S/C13H20N6/c1-14-9-13-16-15-12-4-3-11(17-19(12)13)10-5-7-18(2)8-6-10/h3-4,10,14H,5-9H2,1-2H3. The monoisotopic (exact) mass is 260 g/mol. The summed E-state index contributed by atoms with van der Waals surface area (Å²) in [6.45, 7) is 2.98. The van der Waals surface area contributed by atoms with Gasteiger partial charge in [0.1, 0.15) is 0 Å². The van der Waals surface area contributed by atoms with Gasteiger partial charge in [-0.05, 0) is 52.2 Å². The van der Waals surface area contributed by atoms with Crippen LogP contribution in [0.5, 0.6) is 0 Å². The van der Waals surface area contributed by atoms with Crippen LogP contribution in [0.1, 0.15) is 30.3 Å². The smallest absolute Gasteiger partial charge is 0.177 e. The van der Waals surface area contributed by atoms with Gasteiger partial charge in [0.15, 0.2) is 11.5 Å². The number of piperidine rings is 1. The maximum atomic E-state index is 4.74. The van der Waals surface area contributed by atoms with Crippen LogP contribution in [0.2, 0.25) is 0 Å². The summed E-state index contributed by atoms with van der Waals surface area (Å²) in [4.78, 5) is 2.38. The molecule has 0 bridgehead atoms. The van der Waals surface area contributed by atoms with Crippen molar-refractivity contribution >= 4 is 5.65 Å². The van der Waals surface area contributed by atoms with Gasteiger partial charge in [0.2, 0.25) is 0 Å². The van der Waals surface area contributed by atoms with Crippen LogP contribution in [0.4, 0.5) is 0 Å². The lowest BCUT2D eigenvalue weighted by Gasteiger charge is -2.28. The Labute approximate surface area is 112 Å². The van der Waals surface area contributed by atoms with Crippen molar-refractivity contribution in [2.75, 3.05) is 27.2 Å². The molecule has 6 heteroatoms. The van der Waals surface area contributed by atoms with Crippen molar-refractivity contribution in [3.05, 3.63) is 23.7 Å². The summed E-state index contributed by atoms with van der Waals surface area (Å²) in [6.07, 6.45) is 2.36. The molecule has 0 spiro atoms. The van der Waals surface area contributed by atoms with Crippen molar-refractivity contribution in [1.29, 1.82) is 0 Å². The molecule has 0 amide bonds. The molecule has 0 saturated carbocycles. The Kier molecular flexibility index (Phi) is 3.44. The molecule has 1 fully saturated rings. The summed E-state index contributed by atoms with van der Waals surface area (Å²) in [5.74, 6) is 1.43.